The number of amides is 1. The molecule has 0 bridgehead atoms. The van der Waals surface area contributed by atoms with E-state index in [1.165, 1.54) is 17.6 Å². The van der Waals surface area contributed by atoms with Gasteiger partial charge < -0.3 is 14.2 Å². The molecule has 3 aromatic rings. The highest BCUT2D eigenvalue weighted by molar-refractivity contribution is 7.14. The van der Waals surface area contributed by atoms with Crippen LogP contribution in [-0.2, 0) is 11.3 Å². The van der Waals surface area contributed by atoms with Crippen molar-refractivity contribution >= 4 is 22.2 Å². The minimum absolute atomic E-state index is 0.162. The predicted octanol–water partition coefficient (Wildman–Crippen LogP) is 3.11. The van der Waals surface area contributed by atoms with Crippen LogP contribution in [0.3, 0.4) is 0 Å². The fourth-order valence-electron chi connectivity index (χ4n) is 2.40. The fourth-order valence-corrected chi connectivity index (χ4v) is 3.16. The summed E-state index contributed by atoms with van der Waals surface area (Å²) in [6.45, 7) is 3.24. The molecule has 0 aliphatic carbocycles. The van der Waals surface area contributed by atoms with Crippen LogP contribution in [-0.4, -0.2) is 34.1 Å². The largest absolute Gasteiger partial charge is 0.459 e. The van der Waals surface area contributed by atoms with Gasteiger partial charge in [0.05, 0.1) is 24.9 Å². The van der Waals surface area contributed by atoms with E-state index in [9.17, 15) is 4.79 Å². The van der Waals surface area contributed by atoms with Gasteiger partial charge in [0.25, 0.3) is 5.89 Å². The maximum Gasteiger partial charge on any atom is 0.283 e. The van der Waals surface area contributed by atoms with E-state index >= 15 is 0 Å². The van der Waals surface area contributed by atoms with Crippen molar-refractivity contribution in [2.45, 2.75) is 19.9 Å². The molecule has 0 radical (unpaired) electrons. The zero-order valence-electron chi connectivity index (χ0n) is 14.1. The third-order valence-electron chi connectivity index (χ3n) is 3.50. The summed E-state index contributed by atoms with van der Waals surface area (Å²) >= 11 is 1.32. The number of rotatable bonds is 8. The lowest BCUT2D eigenvalue weighted by Crippen LogP contribution is -2.33. The Morgan fingerprint density at radius 2 is 2.31 bits per heavy atom. The molecule has 0 unspecified atom stereocenters. The number of anilines is 1. The van der Waals surface area contributed by atoms with Gasteiger partial charge in [0.2, 0.25) is 11.8 Å². The van der Waals surface area contributed by atoms with Crippen molar-refractivity contribution in [1.82, 2.24) is 15.1 Å². The van der Waals surface area contributed by atoms with E-state index in [2.05, 4.69) is 21.6 Å². The monoisotopic (exact) mass is 371 g/mol. The summed E-state index contributed by atoms with van der Waals surface area (Å²) in [7, 11) is 0. The molecular weight excluding hydrogens is 354 g/mol. The predicted molar refractivity (Wildman–Crippen MR) is 95.2 cm³/mol. The van der Waals surface area contributed by atoms with Gasteiger partial charge in [0.15, 0.2) is 5.76 Å². The number of hydrogen-bond acceptors (Lipinski definition) is 8. The van der Waals surface area contributed by atoms with Crippen LogP contribution in [0.15, 0.2) is 38.7 Å². The Balaban J connectivity index is 1.62. The number of carbonyl (C=O) groups excluding carboxylic acids is 1. The van der Waals surface area contributed by atoms with E-state index in [0.29, 0.717) is 41.2 Å². The van der Waals surface area contributed by atoms with Crippen LogP contribution in [0.25, 0.3) is 11.7 Å². The van der Waals surface area contributed by atoms with Crippen LogP contribution in [0.1, 0.15) is 24.8 Å². The summed E-state index contributed by atoms with van der Waals surface area (Å²) in [6, 6.07) is 7.22. The molecule has 9 heteroatoms. The van der Waals surface area contributed by atoms with Crippen molar-refractivity contribution in [3.8, 4) is 17.7 Å². The van der Waals surface area contributed by atoms with Crippen LogP contribution in [0, 0.1) is 11.3 Å². The number of furan rings is 1. The quantitative estimate of drug-likeness (QED) is 0.648. The average Bonchev–Trinajstić information content (AvgIpc) is 3.36. The molecule has 0 atom stereocenters. The summed E-state index contributed by atoms with van der Waals surface area (Å²) in [4.78, 5) is 14.2. The second kappa shape index (κ2) is 8.42. The van der Waals surface area contributed by atoms with Crippen molar-refractivity contribution in [3.63, 3.8) is 0 Å². The van der Waals surface area contributed by atoms with E-state index in [4.69, 9.17) is 14.1 Å². The lowest BCUT2D eigenvalue weighted by Gasteiger charge is -2.18. The Kier molecular flexibility index (Phi) is 5.78. The third-order valence-corrected chi connectivity index (χ3v) is 4.33. The summed E-state index contributed by atoms with van der Waals surface area (Å²) < 4.78 is 10.8. The minimum Gasteiger partial charge on any atom is -0.459 e. The van der Waals surface area contributed by atoms with Gasteiger partial charge in [-0.15, -0.1) is 21.5 Å². The van der Waals surface area contributed by atoms with E-state index in [-0.39, 0.29) is 12.5 Å². The molecule has 3 aromatic heterocycles. The van der Waals surface area contributed by atoms with Gasteiger partial charge in [-0.3, -0.25) is 9.69 Å². The smallest absolute Gasteiger partial charge is 0.283 e. The molecule has 0 spiro atoms. The average molecular weight is 371 g/mol. The molecule has 0 fully saturated rings. The second-order valence-corrected chi connectivity index (χ2v) is 6.43. The van der Waals surface area contributed by atoms with Crippen molar-refractivity contribution in [1.29, 1.82) is 5.26 Å². The number of carbonyl (C=O) groups is 1. The van der Waals surface area contributed by atoms with Crippen molar-refractivity contribution in [2.75, 3.05) is 18.4 Å². The molecule has 0 aliphatic heterocycles. The zero-order chi connectivity index (χ0) is 18.4. The van der Waals surface area contributed by atoms with Gasteiger partial charge in [-0.2, -0.15) is 5.26 Å². The van der Waals surface area contributed by atoms with Crippen molar-refractivity contribution in [2.24, 2.45) is 0 Å². The van der Waals surface area contributed by atoms with Crippen LogP contribution < -0.4 is 5.32 Å². The first-order valence-electron chi connectivity index (χ1n) is 8.05. The molecule has 0 saturated carbocycles. The van der Waals surface area contributed by atoms with Gasteiger partial charge in [0.1, 0.15) is 11.1 Å². The molecule has 0 saturated heterocycles. The van der Waals surface area contributed by atoms with Gasteiger partial charge in [0, 0.05) is 0 Å². The maximum absolute atomic E-state index is 12.3. The maximum atomic E-state index is 12.3. The number of nitriles is 1. The van der Waals surface area contributed by atoms with Crippen LogP contribution in [0.2, 0.25) is 0 Å². The highest BCUT2D eigenvalue weighted by atomic mass is 32.1. The van der Waals surface area contributed by atoms with Gasteiger partial charge in [-0.1, -0.05) is 6.92 Å². The van der Waals surface area contributed by atoms with Gasteiger partial charge >= 0.3 is 0 Å². The van der Waals surface area contributed by atoms with Gasteiger partial charge in [-0.25, -0.2) is 0 Å². The van der Waals surface area contributed by atoms with E-state index in [1.54, 1.807) is 23.6 Å². The Morgan fingerprint density at radius 1 is 1.42 bits per heavy atom. The Morgan fingerprint density at radius 3 is 3.04 bits per heavy atom. The first-order chi connectivity index (χ1) is 12.7. The van der Waals surface area contributed by atoms with E-state index < -0.39 is 0 Å². The first kappa shape index (κ1) is 17.8. The van der Waals surface area contributed by atoms with Gasteiger partial charge in [-0.05, 0) is 36.5 Å². The lowest BCUT2D eigenvalue weighted by atomic mass is 10.3. The number of aromatic nitrogens is 2. The highest BCUT2D eigenvalue weighted by Crippen LogP contribution is 2.22. The SMILES string of the molecule is CCCN(CC(=O)Nc1sccc1C#N)Cc1nnc(-c2ccco2)o1. The van der Waals surface area contributed by atoms with E-state index in [0.717, 1.165) is 6.42 Å². The minimum atomic E-state index is -0.192. The molecule has 8 nitrogen and oxygen atoms in total. The van der Waals surface area contributed by atoms with Crippen molar-refractivity contribution in [3.05, 3.63) is 41.3 Å². The summed E-state index contributed by atoms with van der Waals surface area (Å²) in [5, 5.41) is 22.1. The molecule has 134 valence electrons. The summed E-state index contributed by atoms with van der Waals surface area (Å²) in [5.41, 5.74) is 0.463. The number of nitrogens with one attached hydrogen (secondary N) is 1. The molecule has 0 aliphatic rings. The van der Waals surface area contributed by atoms with Crippen molar-refractivity contribution < 1.29 is 13.6 Å². The standard InChI is InChI=1S/C17H17N5O3S/c1-2-6-22(10-14(23)19-17-12(9-18)5-8-26-17)11-15-20-21-16(25-15)13-4-3-7-24-13/h3-5,7-8H,2,6,10-11H2,1H3,(H,19,23). The summed E-state index contributed by atoms with van der Waals surface area (Å²) in [5.74, 6) is 1.03. The molecule has 3 heterocycles. The molecular formula is C17H17N5O3S. The first-order valence-corrected chi connectivity index (χ1v) is 8.93. The molecule has 0 aromatic carbocycles. The zero-order valence-corrected chi connectivity index (χ0v) is 15.0. The Hall–Kier alpha value is -2.96. The van der Waals surface area contributed by atoms with Crippen LogP contribution >= 0.6 is 11.3 Å². The molecule has 3 rings (SSSR count). The van der Waals surface area contributed by atoms with E-state index in [1.807, 2.05) is 11.8 Å². The highest BCUT2D eigenvalue weighted by Gasteiger charge is 2.17. The molecule has 1 amide bonds. The second-order valence-electron chi connectivity index (χ2n) is 5.51. The molecule has 1 N–H and O–H groups in total. The Labute approximate surface area is 154 Å². The number of thiophene rings is 1. The number of hydrogen-bond donors (Lipinski definition) is 1. The van der Waals surface area contributed by atoms with Crippen LogP contribution in [0.4, 0.5) is 5.00 Å². The lowest BCUT2D eigenvalue weighted by molar-refractivity contribution is -0.117. The summed E-state index contributed by atoms with van der Waals surface area (Å²) in [6.07, 6.45) is 2.40. The normalized spacial score (nSPS) is 10.8. The van der Waals surface area contributed by atoms with Crippen LogP contribution in [0.5, 0.6) is 0 Å². The molecule has 26 heavy (non-hydrogen) atoms. The fraction of sp³-hybridized carbons (Fsp3) is 0.294. The number of nitrogens with zero attached hydrogens (tertiary/aromatic N) is 4. The third kappa shape index (κ3) is 4.36. The Bertz CT molecular complexity index is 894. The topological polar surface area (TPSA) is 108 Å².